The molecule has 3 fully saturated rings. The number of carbonyl (C=O) groups excluding carboxylic acids is 4. The van der Waals surface area contributed by atoms with Crippen molar-refractivity contribution in [2.75, 3.05) is 0 Å². The van der Waals surface area contributed by atoms with Crippen molar-refractivity contribution in [1.82, 2.24) is 10.0 Å². The van der Waals surface area contributed by atoms with Crippen LogP contribution in [0.4, 0.5) is 5.69 Å². The van der Waals surface area contributed by atoms with Gasteiger partial charge in [0.15, 0.2) is 5.78 Å². The minimum atomic E-state index is -1.21. The van der Waals surface area contributed by atoms with Crippen LogP contribution in [0.25, 0.3) is 0 Å². The number of nitrogens with zero attached hydrogens (tertiary/aromatic N) is 3. The van der Waals surface area contributed by atoms with Crippen LogP contribution in [0.15, 0.2) is 60.7 Å². The highest BCUT2D eigenvalue weighted by Crippen LogP contribution is 2.65. The molecule has 10 heteroatoms. The average molecular weight is 520 g/mol. The van der Waals surface area contributed by atoms with Gasteiger partial charge in [0.05, 0.1) is 16.8 Å². The van der Waals surface area contributed by atoms with Gasteiger partial charge in [0.25, 0.3) is 23.4 Å². The van der Waals surface area contributed by atoms with Gasteiger partial charge < -0.3 is 0 Å². The largest absolute Gasteiger partial charge is 0.292 e. The van der Waals surface area contributed by atoms with Gasteiger partial charge in [0.1, 0.15) is 6.04 Å². The summed E-state index contributed by atoms with van der Waals surface area (Å²) in [5.74, 6) is -2.69. The lowest BCUT2D eigenvalue weighted by molar-refractivity contribution is -0.384. The van der Waals surface area contributed by atoms with Crippen molar-refractivity contribution in [3.8, 4) is 0 Å². The molecule has 2 saturated carbocycles. The Kier molecular flexibility index (Phi) is 5.31. The highest BCUT2D eigenvalue weighted by atomic mass is 35.5. The number of amides is 3. The Morgan fingerprint density at radius 3 is 1.97 bits per heavy atom. The second-order valence-electron chi connectivity index (χ2n) is 10.1. The number of carbonyl (C=O) groups is 4. The van der Waals surface area contributed by atoms with Crippen LogP contribution in [0, 0.1) is 45.6 Å². The first kappa shape index (κ1) is 23.5. The molecule has 7 atom stereocenters. The second-order valence-corrected chi connectivity index (χ2v) is 10.6. The van der Waals surface area contributed by atoms with Crippen LogP contribution in [-0.4, -0.2) is 44.5 Å². The third-order valence-corrected chi connectivity index (χ3v) is 8.52. The third kappa shape index (κ3) is 3.52. The molecule has 2 aromatic carbocycles. The molecule has 4 aliphatic carbocycles. The summed E-state index contributed by atoms with van der Waals surface area (Å²) in [5.41, 5.74) is 0.0632. The van der Waals surface area contributed by atoms with Gasteiger partial charge in [-0.15, -0.1) is 0 Å². The predicted octanol–water partition coefficient (Wildman–Crippen LogP) is 3.93. The highest BCUT2D eigenvalue weighted by Gasteiger charge is 2.68. The fraction of sp³-hybridized carbons (Fsp3) is 0.333. The van der Waals surface area contributed by atoms with E-state index in [4.69, 9.17) is 11.6 Å². The number of non-ortho nitro benzene ring substituents is 1. The average Bonchev–Trinajstić information content (AvgIpc) is 3.68. The van der Waals surface area contributed by atoms with Crippen LogP contribution < -0.4 is 0 Å². The van der Waals surface area contributed by atoms with Crippen LogP contribution >= 0.6 is 11.6 Å². The summed E-state index contributed by atoms with van der Waals surface area (Å²) in [6.07, 6.45) is 5.05. The first-order valence-electron chi connectivity index (χ1n) is 12.1. The molecule has 1 heterocycles. The number of hydrazine groups is 1. The molecule has 9 nitrogen and oxygen atoms in total. The number of ketones is 1. The van der Waals surface area contributed by atoms with Gasteiger partial charge >= 0.3 is 0 Å². The van der Waals surface area contributed by atoms with E-state index in [1.807, 2.05) is 12.2 Å². The molecule has 1 saturated heterocycles. The summed E-state index contributed by atoms with van der Waals surface area (Å²) in [5, 5.41) is 13.3. The molecule has 0 radical (unpaired) electrons. The third-order valence-electron chi connectivity index (χ3n) is 8.26. The number of allylic oxidation sites excluding steroid dienone is 2. The van der Waals surface area contributed by atoms with Crippen molar-refractivity contribution >= 4 is 40.8 Å². The summed E-state index contributed by atoms with van der Waals surface area (Å²) < 4.78 is 0. The molecule has 0 N–H and O–H groups in total. The number of rotatable bonds is 6. The number of hydrogen-bond donors (Lipinski definition) is 0. The SMILES string of the molecule is C[C@H](C(=O)c1ccc(Cl)cc1)N(C(=O)c1ccc([N+](=O)[O-])cc1)N1C(=O)[C@@H]2[C@H]3C=C[C@@H]([C@@H]4C[C@H]34)[C@H]2C1=O. The molecule has 2 aromatic rings. The summed E-state index contributed by atoms with van der Waals surface area (Å²) >= 11 is 5.96. The summed E-state index contributed by atoms with van der Waals surface area (Å²) in [6.45, 7) is 1.47. The molecule has 1 aliphatic heterocycles. The standard InChI is InChI=1S/C27H22ClN3O6/c1-13(24(32)14-2-6-16(28)7-3-14)29(25(33)15-4-8-17(9-5-15)31(36)37)30-26(34)22-18-10-11-19(21-12-20(18)21)23(22)27(30)35/h2-11,13,18-23H,12H2,1H3/t13-,18+,19+,20-,21+,22-,23-/m1/s1. The summed E-state index contributed by atoms with van der Waals surface area (Å²) in [4.78, 5) is 65.4. The van der Waals surface area contributed by atoms with Crippen LogP contribution in [-0.2, 0) is 9.59 Å². The predicted molar refractivity (Wildman–Crippen MR) is 131 cm³/mol. The Hall–Kier alpha value is -3.85. The summed E-state index contributed by atoms with van der Waals surface area (Å²) in [6, 6.07) is 9.75. The molecule has 7 rings (SSSR count). The molecular formula is C27H22ClN3O6. The van der Waals surface area contributed by atoms with Crippen molar-refractivity contribution in [3.05, 3.63) is 86.9 Å². The molecule has 5 aliphatic rings. The quantitative estimate of drug-likeness (QED) is 0.188. The van der Waals surface area contributed by atoms with Gasteiger partial charge in [-0.1, -0.05) is 23.8 Å². The lowest BCUT2D eigenvalue weighted by atomic mass is 9.63. The fourth-order valence-electron chi connectivity index (χ4n) is 6.42. The number of hydrogen-bond acceptors (Lipinski definition) is 6. The zero-order chi connectivity index (χ0) is 26.2. The molecule has 0 aromatic heterocycles. The number of halogens is 1. The van der Waals surface area contributed by atoms with Crippen molar-refractivity contribution in [3.63, 3.8) is 0 Å². The zero-order valence-corrected chi connectivity index (χ0v) is 20.4. The normalized spacial score (nSPS) is 29.5. The van der Waals surface area contributed by atoms with Crippen LogP contribution in [0.5, 0.6) is 0 Å². The lowest BCUT2D eigenvalue weighted by Crippen LogP contribution is -2.56. The molecule has 37 heavy (non-hydrogen) atoms. The Bertz CT molecular complexity index is 1350. The molecular weight excluding hydrogens is 498 g/mol. The van der Waals surface area contributed by atoms with E-state index in [2.05, 4.69) is 0 Å². The Balaban J connectivity index is 1.39. The number of Topliss-reactive ketones (excluding diaryl/α,β-unsaturated/α-hetero) is 1. The number of nitro benzene ring substituents is 1. The highest BCUT2D eigenvalue weighted by molar-refractivity contribution is 6.30. The van der Waals surface area contributed by atoms with Crippen LogP contribution in [0.3, 0.4) is 0 Å². The molecule has 3 amide bonds. The molecule has 0 spiro atoms. The Morgan fingerprint density at radius 1 is 0.946 bits per heavy atom. The van der Waals surface area contributed by atoms with Crippen molar-refractivity contribution < 1.29 is 24.1 Å². The first-order chi connectivity index (χ1) is 17.7. The molecule has 0 unspecified atom stereocenters. The Morgan fingerprint density at radius 2 is 1.46 bits per heavy atom. The van der Waals surface area contributed by atoms with Crippen molar-refractivity contribution in [2.24, 2.45) is 35.5 Å². The summed E-state index contributed by atoms with van der Waals surface area (Å²) in [7, 11) is 0. The minimum absolute atomic E-state index is 0.0146. The lowest BCUT2D eigenvalue weighted by Gasteiger charge is -2.37. The van der Waals surface area contributed by atoms with Gasteiger partial charge in [-0.25, -0.2) is 5.01 Å². The molecule has 188 valence electrons. The van der Waals surface area contributed by atoms with E-state index in [9.17, 15) is 29.3 Å². The molecule has 2 bridgehead atoms. The topological polar surface area (TPSA) is 118 Å². The monoisotopic (exact) mass is 519 g/mol. The van der Waals surface area contributed by atoms with E-state index in [1.165, 1.54) is 43.3 Å². The maximum atomic E-state index is 13.8. The number of imide groups is 1. The van der Waals surface area contributed by atoms with E-state index in [0.717, 1.165) is 16.4 Å². The van der Waals surface area contributed by atoms with Gasteiger partial charge in [-0.2, -0.15) is 5.01 Å². The van der Waals surface area contributed by atoms with E-state index in [0.29, 0.717) is 16.9 Å². The van der Waals surface area contributed by atoms with E-state index in [-0.39, 0.29) is 28.7 Å². The van der Waals surface area contributed by atoms with Crippen molar-refractivity contribution in [1.29, 1.82) is 0 Å². The number of benzene rings is 2. The minimum Gasteiger partial charge on any atom is -0.292 e. The zero-order valence-electron chi connectivity index (χ0n) is 19.7. The van der Waals surface area contributed by atoms with E-state index in [1.54, 1.807) is 12.1 Å². The van der Waals surface area contributed by atoms with Gasteiger partial charge in [-0.05, 0) is 73.4 Å². The van der Waals surface area contributed by atoms with Crippen LogP contribution in [0.1, 0.15) is 34.1 Å². The Labute approximate surface area is 216 Å². The van der Waals surface area contributed by atoms with Crippen LogP contribution in [0.2, 0.25) is 5.02 Å². The maximum absolute atomic E-state index is 13.8. The van der Waals surface area contributed by atoms with Gasteiger partial charge in [-0.3, -0.25) is 29.3 Å². The van der Waals surface area contributed by atoms with E-state index < -0.39 is 46.3 Å². The van der Waals surface area contributed by atoms with Gasteiger partial charge in [0, 0.05) is 28.3 Å². The fourth-order valence-corrected chi connectivity index (χ4v) is 6.54. The van der Waals surface area contributed by atoms with E-state index >= 15 is 0 Å². The number of nitro groups is 1. The smallest absolute Gasteiger partial charge is 0.273 e. The first-order valence-corrected chi connectivity index (χ1v) is 12.5. The van der Waals surface area contributed by atoms with Crippen molar-refractivity contribution in [2.45, 2.75) is 19.4 Å². The second kappa shape index (κ2) is 8.34. The van der Waals surface area contributed by atoms with Gasteiger partial charge in [0.2, 0.25) is 0 Å². The maximum Gasteiger partial charge on any atom is 0.273 e.